The first-order chi connectivity index (χ1) is 7.70. The first kappa shape index (κ1) is 12.1. The molecule has 2 aliphatic heterocycles. The number of carboxylic acid groups (broad SMARTS) is 1. The average molecular weight is 262 g/mol. The van der Waals surface area contributed by atoms with Crippen molar-refractivity contribution in [2.24, 2.45) is 0 Å². The zero-order chi connectivity index (χ0) is 11.5. The predicted octanol–water partition coefficient (Wildman–Crippen LogP) is -0.323. The van der Waals surface area contributed by atoms with Crippen LogP contribution in [-0.4, -0.2) is 63.6 Å². The molecule has 5 nitrogen and oxygen atoms in total. The van der Waals surface area contributed by atoms with Crippen LogP contribution in [0.3, 0.4) is 0 Å². The van der Waals surface area contributed by atoms with Gasteiger partial charge in [0.25, 0.3) is 0 Å². The number of hydrogen-bond donors (Lipinski definition) is 2. The third-order valence-electron chi connectivity index (χ3n) is 2.67. The highest BCUT2D eigenvalue weighted by Gasteiger charge is 2.37. The van der Waals surface area contributed by atoms with Crippen molar-refractivity contribution in [3.63, 3.8) is 0 Å². The van der Waals surface area contributed by atoms with Crippen molar-refractivity contribution >= 4 is 35.4 Å². The molecule has 2 unspecified atom stereocenters. The zero-order valence-electron chi connectivity index (χ0n) is 8.72. The SMILES string of the molecule is O=C(O)C1CSCN1C(=O)C1CSCCN1. The van der Waals surface area contributed by atoms with Crippen molar-refractivity contribution in [2.45, 2.75) is 12.1 Å². The van der Waals surface area contributed by atoms with Gasteiger partial charge in [0.05, 0.1) is 11.9 Å². The van der Waals surface area contributed by atoms with E-state index in [2.05, 4.69) is 5.32 Å². The predicted molar refractivity (Wildman–Crippen MR) is 64.7 cm³/mol. The number of hydrogen-bond acceptors (Lipinski definition) is 5. The maximum atomic E-state index is 12.1. The van der Waals surface area contributed by atoms with Crippen LogP contribution in [0.25, 0.3) is 0 Å². The van der Waals surface area contributed by atoms with Crippen LogP contribution < -0.4 is 5.32 Å². The van der Waals surface area contributed by atoms with E-state index in [-0.39, 0.29) is 11.9 Å². The van der Waals surface area contributed by atoms with Crippen LogP contribution in [-0.2, 0) is 9.59 Å². The van der Waals surface area contributed by atoms with Crippen molar-refractivity contribution in [1.82, 2.24) is 10.2 Å². The van der Waals surface area contributed by atoms with Crippen LogP contribution in [0.1, 0.15) is 0 Å². The van der Waals surface area contributed by atoms with E-state index in [1.165, 1.54) is 16.7 Å². The maximum absolute atomic E-state index is 12.1. The molecule has 7 heteroatoms. The first-order valence-electron chi connectivity index (χ1n) is 5.12. The summed E-state index contributed by atoms with van der Waals surface area (Å²) in [6.45, 7) is 0.819. The number of aliphatic carboxylic acids is 1. The number of thioether (sulfide) groups is 2. The Hall–Kier alpha value is -0.400. The summed E-state index contributed by atoms with van der Waals surface area (Å²) in [5.74, 6) is 1.79. The molecule has 2 heterocycles. The normalized spacial score (nSPS) is 30.4. The summed E-state index contributed by atoms with van der Waals surface area (Å²) >= 11 is 3.24. The lowest BCUT2D eigenvalue weighted by Gasteiger charge is -2.28. The zero-order valence-corrected chi connectivity index (χ0v) is 10.4. The maximum Gasteiger partial charge on any atom is 0.327 e. The minimum atomic E-state index is -0.901. The number of carbonyl (C=O) groups is 2. The van der Waals surface area contributed by atoms with E-state index in [1.807, 2.05) is 0 Å². The van der Waals surface area contributed by atoms with Gasteiger partial charge >= 0.3 is 5.97 Å². The fourth-order valence-corrected chi connectivity index (χ4v) is 3.87. The molecule has 2 N–H and O–H groups in total. The minimum absolute atomic E-state index is 0.0652. The largest absolute Gasteiger partial charge is 0.480 e. The fourth-order valence-electron chi connectivity index (χ4n) is 1.79. The summed E-state index contributed by atoms with van der Waals surface area (Å²) in [6, 6.07) is -0.856. The van der Waals surface area contributed by atoms with Gasteiger partial charge in [-0.3, -0.25) is 4.79 Å². The Morgan fingerprint density at radius 3 is 2.75 bits per heavy atom. The third kappa shape index (κ3) is 2.46. The van der Waals surface area contributed by atoms with Crippen LogP contribution in [0.4, 0.5) is 0 Å². The third-order valence-corrected chi connectivity index (χ3v) is 4.74. The standard InChI is InChI=1S/C9H14N2O3S2/c12-8(6-3-15-2-1-10-6)11-5-16-4-7(11)9(13)14/h6-7,10H,1-5H2,(H,13,14). The number of carbonyl (C=O) groups excluding carboxylic acids is 1. The molecule has 2 rings (SSSR count). The van der Waals surface area contributed by atoms with Crippen LogP contribution in [0.15, 0.2) is 0 Å². The van der Waals surface area contributed by atoms with Crippen molar-refractivity contribution in [2.75, 3.05) is 29.7 Å². The van der Waals surface area contributed by atoms with Gasteiger partial charge in [-0.25, -0.2) is 4.79 Å². The number of carboxylic acids is 1. The van der Waals surface area contributed by atoms with E-state index in [1.54, 1.807) is 11.8 Å². The van der Waals surface area contributed by atoms with E-state index in [9.17, 15) is 9.59 Å². The molecule has 2 aliphatic rings. The summed E-state index contributed by atoms with van der Waals surface area (Å²) in [7, 11) is 0. The van der Waals surface area contributed by atoms with E-state index >= 15 is 0 Å². The van der Waals surface area contributed by atoms with Gasteiger partial charge in [0.1, 0.15) is 6.04 Å². The van der Waals surface area contributed by atoms with Gasteiger partial charge in [0, 0.05) is 23.8 Å². The molecule has 0 spiro atoms. The Morgan fingerprint density at radius 2 is 2.12 bits per heavy atom. The highest BCUT2D eigenvalue weighted by Crippen LogP contribution is 2.23. The lowest BCUT2D eigenvalue weighted by molar-refractivity contribution is -0.148. The van der Waals surface area contributed by atoms with Gasteiger partial charge in [-0.05, 0) is 0 Å². The molecule has 1 amide bonds. The van der Waals surface area contributed by atoms with Crippen LogP contribution >= 0.6 is 23.5 Å². The Labute approximate surface area is 102 Å². The van der Waals surface area contributed by atoms with Crippen LogP contribution in [0.5, 0.6) is 0 Å². The number of amides is 1. The molecular weight excluding hydrogens is 248 g/mol. The lowest BCUT2D eigenvalue weighted by Crippen LogP contribution is -2.53. The lowest BCUT2D eigenvalue weighted by atomic mass is 10.2. The van der Waals surface area contributed by atoms with Gasteiger partial charge in [-0.2, -0.15) is 11.8 Å². The van der Waals surface area contributed by atoms with Crippen molar-refractivity contribution < 1.29 is 14.7 Å². The Morgan fingerprint density at radius 1 is 1.31 bits per heavy atom. The summed E-state index contributed by atoms with van der Waals surface area (Å²) in [4.78, 5) is 24.5. The van der Waals surface area contributed by atoms with E-state index in [0.717, 1.165) is 18.1 Å². The summed E-state index contributed by atoms with van der Waals surface area (Å²) in [6.07, 6.45) is 0. The first-order valence-corrected chi connectivity index (χ1v) is 7.43. The monoisotopic (exact) mass is 262 g/mol. The van der Waals surface area contributed by atoms with Crippen molar-refractivity contribution in [3.05, 3.63) is 0 Å². The topological polar surface area (TPSA) is 69.6 Å². The fraction of sp³-hybridized carbons (Fsp3) is 0.778. The van der Waals surface area contributed by atoms with Gasteiger partial charge < -0.3 is 15.3 Å². The molecule has 16 heavy (non-hydrogen) atoms. The number of nitrogens with zero attached hydrogens (tertiary/aromatic N) is 1. The molecule has 2 saturated heterocycles. The molecule has 2 fully saturated rings. The minimum Gasteiger partial charge on any atom is -0.480 e. The second kappa shape index (κ2) is 5.29. The molecule has 90 valence electrons. The van der Waals surface area contributed by atoms with E-state index in [0.29, 0.717) is 11.6 Å². The van der Waals surface area contributed by atoms with Gasteiger partial charge in [0.15, 0.2) is 0 Å². The van der Waals surface area contributed by atoms with Gasteiger partial charge in [0.2, 0.25) is 5.91 Å². The summed E-state index contributed by atoms with van der Waals surface area (Å²) in [5.41, 5.74) is 0. The number of nitrogens with one attached hydrogen (secondary N) is 1. The molecule has 0 bridgehead atoms. The van der Waals surface area contributed by atoms with Crippen LogP contribution in [0.2, 0.25) is 0 Å². The molecule has 0 aromatic rings. The average Bonchev–Trinajstić information content (AvgIpc) is 2.78. The van der Waals surface area contributed by atoms with E-state index < -0.39 is 12.0 Å². The summed E-state index contributed by atoms with van der Waals surface area (Å²) < 4.78 is 0. The molecule has 0 aliphatic carbocycles. The molecule has 2 atom stereocenters. The smallest absolute Gasteiger partial charge is 0.327 e. The van der Waals surface area contributed by atoms with Crippen molar-refractivity contribution in [1.29, 1.82) is 0 Å². The summed E-state index contributed by atoms with van der Waals surface area (Å²) in [5, 5.41) is 12.1. The molecular formula is C9H14N2O3S2. The van der Waals surface area contributed by atoms with Gasteiger partial charge in [-0.15, -0.1) is 11.8 Å². The molecule has 0 aromatic heterocycles. The second-order valence-corrected chi connectivity index (χ2v) is 5.89. The quantitative estimate of drug-likeness (QED) is 0.711. The van der Waals surface area contributed by atoms with Crippen LogP contribution in [0, 0.1) is 0 Å². The van der Waals surface area contributed by atoms with Crippen molar-refractivity contribution in [3.8, 4) is 0 Å². The highest BCUT2D eigenvalue weighted by molar-refractivity contribution is 7.99. The molecule has 0 aromatic carbocycles. The molecule has 0 radical (unpaired) electrons. The Kier molecular flexibility index (Phi) is 3.99. The highest BCUT2D eigenvalue weighted by atomic mass is 32.2. The number of rotatable bonds is 2. The Balaban J connectivity index is 1.99. The van der Waals surface area contributed by atoms with E-state index in [4.69, 9.17) is 5.11 Å². The van der Waals surface area contributed by atoms with Gasteiger partial charge in [-0.1, -0.05) is 0 Å². The Bertz CT molecular complexity index is 294. The molecule has 0 saturated carbocycles. The second-order valence-electron chi connectivity index (χ2n) is 3.74.